The first-order valence-electron chi connectivity index (χ1n) is 8.47. The molecule has 0 aliphatic carbocycles. The van der Waals surface area contributed by atoms with Crippen molar-refractivity contribution in [2.75, 3.05) is 10.6 Å². The molecule has 0 unspecified atom stereocenters. The van der Waals surface area contributed by atoms with Gasteiger partial charge in [-0.2, -0.15) is 0 Å². The van der Waals surface area contributed by atoms with E-state index in [4.69, 9.17) is 0 Å². The van der Waals surface area contributed by atoms with E-state index in [2.05, 4.69) is 10.6 Å². The van der Waals surface area contributed by atoms with Gasteiger partial charge in [-0.05, 0) is 49.4 Å². The number of anilines is 2. The summed E-state index contributed by atoms with van der Waals surface area (Å²) < 4.78 is 0. The lowest BCUT2D eigenvalue weighted by atomic mass is 10.1. The molecule has 2 amide bonds. The molecule has 0 fully saturated rings. The Morgan fingerprint density at radius 3 is 1.93 bits per heavy atom. The normalized spacial score (nSPS) is 10.2. The Kier molecular flexibility index (Phi) is 5.45. The number of benzene rings is 3. The minimum Gasteiger partial charge on any atom is -0.322 e. The fourth-order valence-electron chi connectivity index (χ4n) is 2.58. The summed E-state index contributed by atoms with van der Waals surface area (Å²) in [6.07, 6.45) is 0. The van der Waals surface area contributed by atoms with Crippen molar-refractivity contribution in [2.24, 2.45) is 0 Å². The third-order valence-corrected chi connectivity index (χ3v) is 4.10. The maximum Gasteiger partial charge on any atom is 0.274 e. The number of hydrogen-bond acceptors (Lipinski definition) is 4. The molecule has 0 bridgehead atoms. The van der Waals surface area contributed by atoms with Gasteiger partial charge in [0, 0.05) is 34.1 Å². The zero-order valence-electron chi connectivity index (χ0n) is 15.0. The van der Waals surface area contributed by atoms with Crippen LogP contribution >= 0.6 is 0 Å². The van der Waals surface area contributed by atoms with E-state index in [-0.39, 0.29) is 11.6 Å². The van der Waals surface area contributed by atoms with Crippen molar-refractivity contribution in [1.82, 2.24) is 0 Å². The largest absolute Gasteiger partial charge is 0.322 e. The van der Waals surface area contributed by atoms with Gasteiger partial charge in [-0.1, -0.05) is 24.3 Å². The number of carbonyl (C=O) groups excluding carboxylic acids is 2. The predicted molar refractivity (Wildman–Crippen MR) is 107 cm³/mol. The summed E-state index contributed by atoms with van der Waals surface area (Å²) in [4.78, 5) is 35.0. The minimum absolute atomic E-state index is 0.0585. The van der Waals surface area contributed by atoms with Crippen molar-refractivity contribution in [3.8, 4) is 0 Å². The smallest absolute Gasteiger partial charge is 0.274 e. The molecule has 0 heterocycles. The molecule has 0 saturated heterocycles. The number of nitro benzene ring substituents is 1. The van der Waals surface area contributed by atoms with Crippen LogP contribution in [0.2, 0.25) is 0 Å². The number of rotatable bonds is 5. The molecular formula is C21H17N3O4. The fraction of sp³-hybridized carbons (Fsp3) is 0.0476. The average Bonchev–Trinajstić information content (AvgIpc) is 2.70. The standard InChI is InChI=1S/C21H17N3O4/c1-14-7-10-18(13-19(14)24(27)28)23-21(26)16-8-11-17(12-9-16)22-20(25)15-5-3-2-4-6-15/h2-13H,1H3,(H,22,25)(H,23,26). The van der Waals surface area contributed by atoms with E-state index < -0.39 is 10.8 Å². The van der Waals surface area contributed by atoms with E-state index >= 15 is 0 Å². The van der Waals surface area contributed by atoms with Crippen molar-refractivity contribution in [1.29, 1.82) is 0 Å². The van der Waals surface area contributed by atoms with Crippen LogP contribution in [0, 0.1) is 17.0 Å². The summed E-state index contributed by atoms with van der Waals surface area (Å²) in [6, 6.07) is 19.7. The van der Waals surface area contributed by atoms with Crippen molar-refractivity contribution in [3.05, 3.63) is 99.6 Å². The number of carbonyl (C=O) groups is 2. The second kappa shape index (κ2) is 8.13. The van der Waals surface area contributed by atoms with Crippen LogP contribution in [0.4, 0.5) is 17.1 Å². The summed E-state index contributed by atoms with van der Waals surface area (Å²) >= 11 is 0. The van der Waals surface area contributed by atoms with Crippen LogP contribution in [0.5, 0.6) is 0 Å². The van der Waals surface area contributed by atoms with Crippen LogP contribution in [0.25, 0.3) is 0 Å². The second-order valence-electron chi connectivity index (χ2n) is 6.11. The number of aryl methyl sites for hydroxylation is 1. The lowest BCUT2D eigenvalue weighted by Crippen LogP contribution is -2.13. The summed E-state index contributed by atoms with van der Waals surface area (Å²) in [6.45, 7) is 1.63. The van der Waals surface area contributed by atoms with Gasteiger partial charge in [-0.3, -0.25) is 19.7 Å². The molecule has 0 atom stereocenters. The molecule has 3 rings (SSSR count). The number of hydrogen-bond donors (Lipinski definition) is 2. The van der Waals surface area contributed by atoms with E-state index in [0.717, 1.165) is 0 Å². The number of nitrogens with one attached hydrogen (secondary N) is 2. The van der Waals surface area contributed by atoms with Gasteiger partial charge in [0.1, 0.15) is 0 Å². The first-order chi connectivity index (χ1) is 13.4. The third kappa shape index (κ3) is 4.39. The lowest BCUT2D eigenvalue weighted by molar-refractivity contribution is -0.385. The highest BCUT2D eigenvalue weighted by Gasteiger charge is 2.13. The van der Waals surface area contributed by atoms with Crippen molar-refractivity contribution in [3.63, 3.8) is 0 Å². The van der Waals surface area contributed by atoms with Gasteiger partial charge in [0.25, 0.3) is 17.5 Å². The molecule has 140 valence electrons. The summed E-state index contributed by atoms with van der Waals surface area (Å²) in [7, 11) is 0. The highest BCUT2D eigenvalue weighted by molar-refractivity contribution is 6.06. The Morgan fingerprint density at radius 1 is 0.786 bits per heavy atom. The monoisotopic (exact) mass is 375 g/mol. The molecule has 28 heavy (non-hydrogen) atoms. The quantitative estimate of drug-likeness (QED) is 0.509. The first kappa shape index (κ1) is 18.8. The highest BCUT2D eigenvalue weighted by Crippen LogP contribution is 2.23. The first-order valence-corrected chi connectivity index (χ1v) is 8.47. The van der Waals surface area contributed by atoms with Crippen LogP contribution in [0.15, 0.2) is 72.8 Å². The van der Waals surface area contributed by atoms with Crippen LogP contribution in [-0.4, -0.2) is 16.7 Å². The van der Waals surface area contributed by atoms with Crippen LogP contribution < -0.4 is 10.6 Å². The molecule has 0 radical (unpaired) electrons. The van der Waals surface area contributed by atoms with E-state index in [9.17, 15) is 19.7 Å². The molecule has 0 saturated carbocycles. The number of nitro groups is 1. The van der Waals surface area contributed by atoms with Gasteiger partial charge >= 0.3 is 0 Å². The molecule has 0 aliphatic rings. The zero-order valence-corrected chi connectivity index (χ0v) is 15.0. The Labute approximate surface area is 161 Å². The van der Waals surface area contributed by atoms with E-state index in [0.29, 0.717) is 28.1 Å². The van der Waals surface area contributed by atoms with E-state index in [1.165, 1.54) is 6.07 Å². The van der Waals surface area contributed by atoms with Gasteiger partial charge in [0.05, 0.1) is 4.92 Å². The van der Waals surface area contributed by atoms with Crippen LogP contribution in [0.1, 0.15) is 26.3 Å². The second-order valence-corrected chi connectivity index (χ2v) is 6.11. The molecule has 7 heteroatoms. The average molecular weight is 375 g/mol. The molecule has 0 spiro atoms. The minimum atomic E-state index is -0.491. The molecule has 3 aromatic rings. The Morgan fingerprint density at radius 2 is 1.32 bits per heavy atom. The van der Waals surface area contributed by atoms with Crippen LogP contribution in [0.3, 0.4) is 0 Å². The van der Waals surface area contributed by atoms with E-state index in [1.54, 1.807) is 67.6 Å². The molecule has 0 aromatic heterocycles. The molecule has 7 nitrogen and oxygen atoms in total. The fourth-order valence-corrected chi connectivity index (χ4v) is 2.58. The van der Waals surface area contributed by atoms with Gasteiger partial charge in [0.2, 0.25) is 0 Å². The number of nitrogens with zero attached hydrogens (tertiary/aromatic N) is 1. The Hall–Kier alpha value is -4.00. The summed E-state index contributed by atoms with van der Waals surface area (Å²) in [5.74, 6) is -0.649. The molecule has 3 aromatic carbocycles. The molecular weight excluding hydrogens is 358 g/mol. The topological polar surface area (TPSA) is 101 Å². The molecule has 2 N–H and O–H groups in total. The van der Waals surface area contributed by atoms with Gasteiger partial charge in [-0.15, -0.1) is 0 Å². The Balaban J connectivity index is 1.68. The number of amides is 2. The van der Waals surface area contributed by atoms with Gasteiger partial charge < -0.3 is 10.6 Å². The van der Waals surface area contributed by atoms with Crippen molar-refractivity contribution >= 4 is 28.9 Å². The van der Waals surface area contributed by atoms with Crippen molar-refractivity contribution in [2.45, 2.75) is 6.92 Å². The van der Waals surface area contributed by atoms with Crippen LogP contribution in [-0.2, 0) is 0 Å². The van der Waals surface area contributed by atoms with Gasteiger partial charge in [0.15, 0.2) is 0 Å². The summed E-state index contributed by atoms with van der Waals surface area (Å²) in [5, 5.41) is 16.4. The third-order valence-electron chi connectivity index (χ3n) is 4.10. The summed E-state index contributed by atoms with van der Waals surface area (Å²) in [5.41, 5.74) is 2.24. The molecule has 0 aliphatic heterocycles. The Bertz CT molecular complexity index is 1030. The van der Waals surface area contributed by atoms with Gasteiger partial charge in [-0.25, -0.2) is 0 Å². The maximum atomic E-state index is 12.4. The SMILES string of the molecule is Cc1ccc(NC(=O)c2ccc(NC(=O)c3ccccc3)cc2)cc1[N+](=O)[O-]. The zero-order chi connectivity index (χ0) is 20.1. The highest BCUT2D eigenvalue weighted by atomic mass is 16.6. The predicted octanol–water partition coefficient (Wildman–Crippen LogP) is 4.41. The lowest BCUT2D eigenvalue weighted by Gasteiger charge is -2.08. The maximum absolute atomic E-state index is 12.4. The van der Waals surface area contributed by atoms with E-state index in [1.807, 2.05) is 6.07 Å². The van der Waals surface area contributed by atoms with Crippen molar-refractivity contribution < 1.29 is 14.5 Å².